The normalized spacial score (nSPS) is 20.4. The van der Waals surface area contributed by atoms with Gasteiger partial charge in [0.1, 0.15) is 11.2 Å². The SMILES string of the molecule is CC(C)(C)OC(=O)C1(C(=O)OC(C)(C)C)CC1c1cccs1. The molecule has 0 radical (unpaired) electrons. The highest BCUT2D eigenvalue weighted by Crippen LogP contribution is 2.62. The summed E-state index contributed by atoms with van der Waals surface area (Å²) in [5.74, 6) is -1.10. The first kappa shape index (κ1) is 17.0. The molecule has 4 nitrogen and oxygen atoms in total. The summed E-state index contributed by atoms with van der Waals surface area (Å²) in [6.45, 7) is 10.8. The molecule has 22 heavy (non-hydrogen) atoms. The minimum Gasteiger partial charge on any atom is -0.459 e. The molecule has 0 saturated heterocycles. The molecule has 1 aromatic rings. The van der Waals surface area contributed by atoms with Crippen LogP contribution in [0.15, 0.2) is 17.5 Å². The van der Waals surface area contributed by atoms with Crippen LogP contribution in [0.5, 0.6) is 0 Å². The zero-order chi connectivity index (χ0) is 16.8. The van der Waals surface area contributed by atoms with Crippen LogP contribution >= 0.6 is 11.3 Å². The monoisotopic (exact) mass is 324 g/mol. The first-order valence-electron chi connectivity index (χ1n) is 7.46. The predicted octanol–water partition coefficient (Wildman–Crippen LogP) is 3.91. The first-order valence-corrected chi connectivity index (χ1v) is 8.34. The average molecular weight is 324 g/mol. The van der Waals surface area contributed by atoms with Crippen molar-refractivity contribution >= 4 is 23.3 Å². The van der Waals surface area contributed by atoms with Crippen LogP contribution in [-0.2, 0) is 19.1 Å². The molecule has 0 amide bonds. The summed E-state index contributed by atoms with van der Waals surface area (Å²) < 4.78 is 11.0. The first-order chi connectivity index (χ1) is 9.96. The third-order valence-corrected chi connectivity index (χ3v) is 4.36. The van der Waals surface area contributed by atoms with E-state index in [2.05, 4.69) is 0 Å². The number of carbonyl (C=O) groups excluding carboxylic acids is 2. The van der Waals surface area contributed by atoms with Crippen LogP contribution in [0.25, 0.3) is 0 Å². The van der Waals surface area contributed by atoms with Crippen molar-refractivity contribution in [2.45, 2.75) is 65.1 Å². The van der Waals surface area contributed by atoms with Crippen molar-refractivity contribution in [3.63, 3.8) is 0 Å². The highest BCUT2D eigenvalue weighted by atomic mass is 32.1. The van der Waals surface area contributed by atoms with E-state index >= 15 is 0 Å². The van der Waals surface area contributed by atoms with E-state index < -0.39 is 28.6 Å². The van der Waals surface area contributed by atoms with Gasteiger partial charge in [-0.15, -0.1) is 11.3 Å². The molecule has 0 aromatic carbocycles. The van der Waals surface area contributed by atoms with E-state index in [1.54, 1.807) is 52.9 Å². The van der Waals surface area contributed by atoms with Crippen LogP contribution in [0.3, 0.4) is 0 Å². The largest absolute Gasteiger partial charge is 0.459 e. The summed E-state index contributed by atoms with van der Waals surface area (Å²) in [5, 5.41) is 1.95. The van der Waals surface area contributed by atoms with Crippen LogP contribution < -0.4 is 0 Å². The molecule has 1 fully saturated rings. The molecule has 122 valence electrons. The Labute approximate surface area is 135 Å². The molecule has 1 aliphatic rings. The fraction of sp³-hybridized carbons (Fsp3) is 0.647. The van der Waals surface area contributed by atoms with E-state index in [9.17, 15) is 9.59 Å². The van der Waals surface area contributed by atoms with Crippen LogP contribution in [0.4, 0.5) is 0 Å². The maximum absolute atomic E-state index is 12.7. The van der Waals surface area contributed by atoms with Crippen LogP contribution in [-0.4, -0.2) is 23.1 Å². The van der Waals surface area contributed by atoms with Crippen molar-refractivity contribution in [2.24, 2.45) is 5.41 Å². The Morgan fingerprint density at radius 2 is 1.59 bits per heavy atom. The van der Waals surface area contributed by atoms with Gasteiger partial charge in [0.25, 0.3) is 0 Å². The fourth-order valence-electron chi connectivity index (χ4n) is 2.37. The van der Waals surface area contributed by atoms with E-state index in [-0.39, 0.29) is 5.92 Å². The standard InChI is InChI=1S/C17H24O4S/c1-15(2,3)20-13(18)17(14(19)21-16(4,5)6)10-11(17)12-8-7-9-22-12/h7-9,11H,10H2,1-6H3. The summed E-state index contributed by atoms with van der Waals surface area (Å²) in [5.41, 5.74) is -2.45. The van der Waals surface area contributed by atoms with Gasteiger partial charge >= 0.3 is 11.9 Å². The number of hydrogen-bond donors (Lipinski definition) is 0. The summed E-state index contributed by atoms with van der Waals surface area (Å²) in [4.78, 5) is 26.3. The Kier molecular flexibility index (Phi) is 4.15. The molecule has 1 aliphatic carbocycles. The van der Waals surface area contributed by atoms with E-state index in [0.717, 1.165) is 4.88 Å². The molecule has 5 heteroatoms. The van der Waals surface area contributed by atoms with Crippen molar-refractivity contribution in [1.82, 2.24) is 0 Å². The van der Waals surface area contributed by atoms with Crippen molar-refractivity contribution in [3.05, 3.63) is 22.4 Å². The Balaban J connectivity index is 2.27. The number of thiophene rings is 1. The fourth-order valence-corrected chi connectivity index (χ4v) is 3.29. The molecule has 1 unspecified atom stereocenters. The topological polar surface area (TPSA) is 52.6 Å². The van der Waals surface area contributed by atoms with E-state index in [1.165, 1.54) is 0 Å². The molecular formula is C17H24O4S. The van der Waals surface area contributed by atoms with Gasteiger partial charge in [-0.25, -0.2) is 0 Å². The van der Waals surface area contributed by atoms with Crippen LogP contribution in [0.1, 0.15) is 58.8 Å². The van der Waals surface area contributed by atoms with Gasteiger partial charge in [-0.05, 0) is 59.4 Å². The van der Waals surface area contributed by atoms with Gasteiger partial charge in [-0.2, -0.15) is 0 Å². The van der Waals surface area contributed by atoms with Gasteiger partial charge in [-0.1, -0.05) is 6.07 Å². The molecule has 0 bridgehead atoms. The lowest BCUT2D eigenvalue weighted by atomic mass is 10.0. The second-order valence-electron chi connectivity index (χ2n) is 7.75. The quantitative estimate of drug-likeness (QED) is 0.625. The van der Waals surface area contributed by atoms with Crippen molar-refractivity contribution in [2.75, 3.05) is 0 Å². The Hall–Kier alpha value is -1.36. The molecule has 2 rings (SSSR count). The summed E-state index contributed by atoms with van der Waals surface area (Å²) in [6, 6.07) is 3.87. The summed E-state index contributed by atoms with van der Waals surface area (Å²) in [7, 11) is 0. The molecular weight excluding hydrogens is 300 g/mol. The summed E-state index contributed by atoms with van der Waals surface area (Å²) >= 11 is 1.55. The molecule has 1 heterocycles. The molecule has 1 aromatic heterocycles. The number of hydrogen-bond acceptors (Lipinski definition) is 5. The summed E-state index contributed by atoms with van der Waals surface area (Å²) in [6.07, 6.45) is 0.456. The lowest BCUT2D eigenvalue weighted by molar-refractivity contribution is -0.177. The number of rotatable bonds is 3. The molecule has 0 spiro atoms. The van der Waals surface area contributed by atoms with E-state index in [4.69, 9.17) is 9.47 Å². The average Bonchev–Trinajstić information content (AvgIpc) is 2.84. The zero-order valence-electron chi connectivity index (χ0n) is 14.1. The lowest BCUT2D eigenvalue weighted by Crippen LogP contribution is -2.39. The highest BCUT2D eigenvalue weighted by Gasteiger charge is 2.69. The maximum atomic E-state index is 12.7. The molecule has 0 aliphatic heterocycles. The molecule has 1 saturated carbocycles. The Bertz CT molecular complexity index is 532. The van der Waals surface area contributed by atoms with Gasteiger partial charge in [0.2, 0.25) is 0 Å². The maximum Gasteiger partial charge on any atom is 0.324 e. The van der Waals surface area contributed by atoms with Crippen LogP contribution in [0.2, 0.25) is 0 Å². The lowest BCUT2D eigenvalue weighted by Gasteiger charge is -2.26. The van der Waals surface area contributed by atoms with Gasteiger partial charge in [0.15, 0.2) is 5.41 Å². The van der Waals surface area contributed by atoms with Gasteiger partial charge in [-0.3, -0.25) is 9.59 Å². The Morgan fingerprint density at radius 1 is 1.09 bits per heavy atom. The highest BCUT2D eigenvalue weighted by molar-refractivity contribution is 7.10. The third-order valence-electron chi connectivity index (χ3n) is 3.37. The molecule has 0 N–H and O–H groups in total. The number of carbonyl (C=O) groups is 2. The predicted molar refractivity (Wildman–Crippen MR) is 85.8 cm³/mol. The van der Waals surface area contributed by atoms with Gasteiger partial charge in [0.05, 0.1) is 0 Å². The van der Waals surface area contributed by atoms with Crippen molar-refractivity contribution < 1.29 is 19.1 Å². The van der Waals surface area contributed by atoms with E-state index in [1.807, 2.05) is 17.5 Å². The zero-order valence-corrected chi connectivity index (χ0v) is 14.9. The number of ether oxygens (including phenoxy) is 2. The minimum absolute atomic E-state index is 0.141. The smallest absolute Gasteiger partial charge is 0.324 e. The second kappa shape index (κ2) is 5.37. The van der Waals surface area contributed by atoms with Gasteiger partial charge < -0.3 is 9.47 Å². The number of esters is 2. The molecule has 1 atom stereocenters. The van der Waals surface area contributed by atoms with E-state index in [0.29, 0.717) is 6.42 Å². The van der Waals surface area contributed by atoms with Crippen molar-refractivity contribution in [1.29, 1.82) is 0 Å². The van der Waals surface area contributed by atoms with Crippen molar-refractivity contribution in [3.8, 4) is 0 Å². The van der Waals surface area contributed by atoms with Crippen LogP contribution in [0, 0.1) is 5.41 Å². The Morgan fingerprint density at radius 3 is 1.95 bits per heavy atom. The minimum atomic E-state index is -1.19. The third kappa shape index (κ3) is 3.51. The van der Waals surface area contributed by atoms with Gasteiger partial charge in [0, 0.05) is 10.8 Å². The second-order valence-corrected chi connectivity index (χ2v) is 8.73.